The second-order valence-corrected chi connectivity index (χ2v) is 6.75. The first-order valence-electron chi connectivity index (χ1n) is 9.42. The summed E-state index contributed by atoms with van der Waals surface area (Å²) in [5.41, 5.74) is 3.32. The molecule has 0 radical (unpaired) electrons. The van der Waals surface area contributed by atoms with Gasteiger partial charge in [-0.05, 0) is 35.3 Å². The third kappa shape index (κ3) is 6.07. The van der Waals surface area contributed by atoms with Crippen LogP contribution in [0, 0.1) is 10.4 Å². The zero-order valence-corrected chi connectivity index (χ0v) is 18.9. The number of hydrazine groups is 1. The Hall–Kier alpha value is -2.34. The summed E-state index contributed by atoms with van der Waals surface area (Å²) in [4.78, 5) is 0.171. The topological polar surface area (TPSA) is 64.7 Å². The van der Waals surface area contributed by atoms with Crippen molar-refractivity contribution in [2.45, 2.75) is 25.3 Å². The van der Waals surface area contributed by atoms with E-state index in [1.54, 1.807) is 0 Å². The molecule has 144 valence electrons. The molecule has 0 saturated carbocycles. The van der Waals surface area contributed by atoms with E-state index in [0.29, 0.717) is 13.0 Å². The first-order chi connectivity index (χ1) is 13.7. The van der Waals surface area contributed by atoms with Gasteiger partial charge in [0.25, 0.3) is 0 Å². The van der Waals surface area contributed by atoms with Crippen LogP contribution in [0.3, 0.4) is 0 Å². The minimum absolute atomic E-state index is 0. The number of benzene rings is 3. The summed E-state index contributed by atoms with van der Waals surface area (Å²) in [6, 6.07) is 29.8. The molecule has 3 aromatic rings. The molecular formula is C23H24N3NaO2. The van der Waals surface area contributed by atoms with Crippen molar-refractivity contribution in [2.24, 2.45) is 5.28 Å². The van der Waals surface area contributed by atoms with Crippen molar-refractivity contribution in [3.63, 3.8) is 0 Å². The predicted octanol–water partition coefficient (Wildman–Crippen LogP) is 2.65. The minimum atomic E-state index is -0.261. The van der Waals surface area contributed by atoms with Crippen LogP contribution in [0.4, 0.5) is 0 Å². The van der Waals surface area contributed by atoms with Gasteiger partial charge in [0.05, 0.1) is 6.54 Å². The largest absolute Gasteiger partial charge is 1.00 e. The van der Waals surface area contributed by atoms with E-state index in [2.05, 4.69) is 29.5 Å². The normalized spacial score (nSPS) is 12.3. The molecule has 0 aromatic heterocycles. The molecule has 5 nitrogen and oxygen atoms in total. The molecule has 29 heavy (non-hydrogen) atoms. The van der Waals surface area contributed by atoms with Crippen LogP contribution in [0.15, 0.2) is 96.3 Å². The number of hydrogen-bond donors (Lipinski definition) is 0. The summed E-state index contributed by atoms with van der Waals surface area (Å²) in [5.74, 6) is 0.118. The SMILES string of the molecule is CC(c1ccccc1)N(CCC(c1ccccc1)c1ccccc1)/[N+]([O-])=N/[O-].[Na+]. The van der Waals surface area contributed by atoms with E-state index >= 15 is 0 Å². The molecular weight excluding hydrogens is 373 g/mol. The third-order valence-corrected chi connectivity index (χ3v) is 5.07. The molecule has 3 rings (SSSR count). The second-order valence-electron chi connectivity index (χ2n) is 6.75. The van der Waals surface area contributed by atoms with Crippen LogP contribution >= 0.6 is 0 Å². The fraction of sp³-hybridized carbons (Fsp3) is 0.217. The Labute approximate surface area is 194 Å². The molecule has 0 aliphatic rings. The van der Waals surface area contributed by atoms with Gasteiger partial charge >= 0.3 is 29.6 Å². The second kappa shape index (κ2) is 11.6. The van der Waals surface area contributed by atoms with Crippen LogP contribution in [0.5, 0.6) is 0 Å². The Kier molecular flexibility index (Phi) is 9.19. The third-order valence-electron chi connectivity index (χ3n) is 5.07. The van der Waals surface area contributed by atoms with E-state index in [1.165, 1.54) is 16.1 Å². The Morgan fingerprint density at radius 1 is 0.793 bits per heavy atom. The van der Waals surface area contributed by atoms with Crippen molar-refractivity contribution < 1.29 is 34.5 Å². The van der Waals surface area contributed by atoms with E-state index in [0.717, 1.165) is 5.56 Å². The molecule has 0 heterocycles. The van der Waals surface area contributed by atoms with Crippen LogP contribution in [-0.4, -0.2) is 16.5 Å². The number of nitrogens with zero attached hydrogens (tertiary/aromatic N) is 3. The molecule has 6 heteroatoms. The van der Waals surface area contributed by atoms with E-state index in [1.807, 2.05) is 73.7 Å². The van der Waals surface area contributed by atoms with Crippen molar-refractivity contribution in [1.82, 2.24) is 5.01 Å². The maximum absolute atomic E-state index is 12.2. The minimum Gasteiger partial charge on any atom is -0.737 e. The summed E-state index contributed by atoms with van der Waals surface area (Å²) < 4.78 is 0. The zero-order valence-electron chi connectivity index (χ0n) is 16.9. The maximum Gasteiger partial charge on any atom is 1.00 e. The van der Waals surface area contributed by atoms with Crippen LogP contribution in [0.1, 0.15) is 42.0 Å². The van der Waals surface area contributed by atoms with Gasteiger partial charge in [0.15, 0.2) is 0 Å². The molecule has 0 fully saturated rings. The smallest absolute Gasteiger partial charge is 0.737 e. The summed E-state index contributed by atoms with van der Waals surface area (Å²) in [7, 11) is 0. The summed E-state index contributed by atoms with van der Waals surface area (Å²) in [6.07, 6.45) is 0.680. The zero-order chi connectivity index (χ0) is 19.8. The van der Waals surface area contributed by atoms with Crippen molar-refractivity contribution in [3.8, 4) is 0 Å². The van der Waals surface area contributed by atoms with E-state index in [9.17, 15) is 10.4 Å². The Morgan fingerprint density at radius 2 is 1.21 bits per heavy atom. The van der Waals surface area contributed by atoms with Gasteiger partial charge in [-0.3, -0.25) is 0 Å². The predicted molar refractivity (Wildman–Crippen MR) is 110 cm³/mol. The standard InChI is InChI=1S/C23H25N3O2.Na/c1-19(20-11-5-2-6-12-20)25(26(28)24-27)18-17-23(21-13-7-3-8-14-21)22-15-9-4-10-16-22;/h2-16,19,23,27H,17-18H2,1H3;/q;+1/p-1/b26-24-;. The van der Waals surface area contributed by atoms with Gasteiger partial charge in [0.1, 0.15) is 6.04 Å². The first-order valence-corrected chi connectivity index (χ1v) is 9.42. The molecule has 0 aliphatic carbocycles. The van der Waals surface area contributed by atoms with Crippen LogP contribution in [0.25, 0.3) is 0 Å². The fourth-order valence-corrected chi connectivity index (χ4v) is 3.54. The van der Waals surface area contributed by atoms with Crippen LogP contribution in [0.2, 0.25) is 0 Å². The van der Waals surface area contributed by atoms with Gasteiger partial charge < -0.3 is 10.4 Å². The van der Waals surface area contributed by atoms with Gasteiger partial charge in [0.2, 0.25) is 0 Å². The Morgan fingerprint density at radius 3 is 1.62 bits per heavy atom. The molecule has 1 unspecified atom stereocenters. The molecule has 0 N–H and O–H groups in total. The van der Waals surface area contributed by atoms with Crippen molar-refractivity contribution in [2.75, 3.05) is 6.54 Å². The van der Waals surface area contributed by atoms with Gasteiger partial charge in [-0.1, -0.05) is 91.0 Å². The van der Waals surface area contributed by atoms with Crippen LogP contribution < -0.4 is 29.6 Å². The first kappa shape index (κ1) is 22.9. The van der Waals surface area contributed by atoms with E-state index in [-0.39, 0.29) is 46.5 Å². The summed E-state index contributed by atoms with van der Waals surface area (Å²) in [6.45, 7) is 2.31. The number of hydrogen-bond acceptors (Lipinski definition) is 3. The fourth-order valence-electron chi connectivity index (χ4n) is 3.54. The van der Waals surface area contributed by atoms with Crippen molar-refractivity contribution >= 4 is 0 Å². The van der Waals surface area contributed by atoms with Gasteiger partial charge in [-0.2, -0.15) is 0 Å². The molecule has 0 spiro atoms. The van der Waals surface area contributed by atoms with Gasteiger partial charge in [-0.25, -0.2) is 0 Å². The van der Waals surface area contributed by atoms with E-state index < -0.39 is 0 Å². The molecule has 0 aliphatic heterocycles. The van der Waals surface area contributed by atoms with Crippen LogP contribution in [-0.2, 0) is 0 Å². The van der Waals surface area contributed by atoms with Crippen molar-refractivity contribution in [3.05, 3.63) is 118 Å². The van der Waals surface area contributed by atoms with Crippen molar-refractivity contribution in [1.29, 1.82) is 0 Å². The summed E-state index contributed by atoms with van der Waals surface area (Å²) in [5, 5.41) is 27.3. The van der Waals surface area contributed by atoms with Gasteiger partial charge in [-0.15, -0.1) is 5.01 Å². The average molecular weight is 397 g/mol. The monoisotopic (exact) mass is 397 g/mol. The van der Waals surface area contributed by atoms with Gasteiger partial charge in [0, 0.05) is 10.9 Å². The average Bonchev–Trinajstić information content (AvgIpc) is 2.78. The Bertz CT molecular complexity index is 837. The molecule has 0 amide bonds. The molecule has 3 aromatic carbocycles. The van der Waals surface area contributed by atoms with E-state index in [4.69, 9.17) is 0 Å². The maximum atomic E-state index is 12.2. The summed E-state index contributed by atoms with van der Waals surface area (Å²) >= 11 is 0. The molecule has 0 saturated heterocycles. The molecule has 1 atom stereocenters. The number of rotatable bonds is 8. The quantitative estimate of drug-likeness (QED) is 0.254. The Balaban J connectivity index is 0.00000300. The molecule has 0 bridgehead atoms.